The van der Waals surface area contributed by atoms with Crippen molar-refractivity contribution in [3.05, 3.63) is 76.0 Å². The Kier molecular flexibility index (Phi) is 5.61. The normalized spacial score (nSPS) is 10.6. The van der Waals surface area contributed by atoms with E-state index in [1.807, 2.05) is 24.3 Å². The van der Waals surface area contributed by atoms with Crippen LogP contribution in [0.5, 0.6) is 0 Å². The number of rotatable bonds is 5. The van der Waals surface area contributed by atoms with E-state index in [-0.39, 0.29) is 5.56 Å². The zero-order chi connectivity index (χ0) is 15.9. The molecule has 0 amide bonds. The smallest absolute Gasteiger partial charge is 0.331 e. The first-order chi connectivity index (χ1) is 10.6. The first kappa shape index (κ1) is 16.1. The van der Waals surface area contributed by atoms with Crippen LogP contribution in [0.3, 0.4) is 0 Å². The van der Waals surface area contributed by atoms with Gasteiger partial charge in [0.25, 0.3) is 0 Å². The molecule has 0 saturated heterocycles. The van der Waals surface area contributed by atoms with Gasteiger partial charge in [0, 0.05) is 16.1 Å². The second-order valence-corrected chi connectivity index (χ2v) is 5.25. The standard InChI is InChI=1S/C17H12BrFO3/c18-15-7-2-1-4-12(15)8-9-17(21)22-11-16(20)13-5-3-6-14(19)10-13/h1-10H,11H2/b9-8+. The van der Waals surface area contributed by atoms with Gasteiger partial charge >= 0.3 is 5.97 Å². The first-order valence-electron chi connectivity index (χ1n) is 6.44. The molecule has 3 nitrogen and oxygen atoms in total. The van der Waals surface area contributed by atoms with Crippen molar-refractivity contribution in [2.24, 2.45) is 0 Å². The van der Waals surface area contributed by atoms with Crippen molar-refractivity contribution >= 4 is 33.8 Å². The fraction of sp³-hybridized carbons (Fsp3) is 0.0588. The number of halogens is 2. The van der Waals surface area contributed by atoms with Gasteiger partial charge in [0.1, 0.15) is 5.82 Å². The number of esters is 1. The fourth-order valence-corrected chi connectivity index (χ4v) is 2.12. The van der Waals surface area contributed by atoms with E-state index in [0.29, 0.717) is 0 Å². The van der Waals surface area contributed by atoms with Crippen LogP contribution in [-0.2, 0) is 9.53 Å². The van der Waals surface area contributed by atoms with Gasteiger partial charge in [-0.2, -0.15) is 0 Å². The van der Waals surface area contributed by atoms with Crippen LogP contribution in [0.2, 0.25) is 0 Å². The number of benzene rings is 2. The maximum atomic E-state index is 13.0. The Morgan fingerprint density at radius 1 is 1.14 bits per heavy atom. The molecule has 2 aromatic rings. The lowest BCUT2D eigenvalue weighted by molar-refractivity contribution is -0.136. The van der Waals surface area contributed by atoms with E-state index >= 15 is 0 Å². The number of hydrogen-bond donors (Lipinski definition) is 0. The second-order valence-electron chi connectivity index (χ2n) is 4.40. The molecule has 0 saturated carbocycles. The molecule has 0 aromatic heterocycles. The Labute approximate surface area is 135 Å². The molecule has 0 aliphatic carbocycles. The molecule has 2 aromatic carbocycles. The largest absolute Gasteiger partial charge is 0.454 e. The van der Waals surface area contributed by atoms with Gasteiger partial charge in [-0.3, -0.25) is 4.79 Å². The summed E-state index contributed by atoms with van der Waals surface area (Å²) in [7, 11) is 0. The van der Waals surface area contributed by atoms with Crippen LogP contribution in [0.15, 0.2) is 59.1 Å². The third-order valence-corrected chi connectivity index (χ3v) is 3.52. The quantitative estimate of drug-likeness (QED) is 0.458. The number of Topliss-reactive ketones (excluding diaryl/α,β-unsaturated/α-hetero) is 1. The minimum absolute atomic E-state index is 0.169. The highest BCUT2D eigenvalue weighted by Crippen LogP contribution is 2.17. The molecular weight excluding hydrogens is 351 g/mol. The van der Waals surface area contributed by atoms with Crippen LogP contribution >= 0.6 is 15.9 Å². The highest BCUT2D eigenvalue weighted by molar-refractivity contribution is 9.10. The second kappa shape index (κ2) is 7.66. The Morgan fingerprint density at radius 2 is 1.91 bits per heavy atom. The van der Waals surface area contributed by atoms with E-state index in [9.17, 15) is 14.0 Å². The van der Waals surface area contributed by atoms with Crippen molar-refractivity contribution in [3.63, 3.8) is 0 Å². The van der Waals surface area contributed by atoms with E-state index in [2.05, 4.69) is 15.9 Å². The van der Waals surface area contributed by atoms with E-state index in [1.165, 1.54) is 24.3 Å². The average Bonchev–Trinajstić information content (AvgIpc) is 2.52. The molecule has 5 heteroatoms. The molecule has 0 bridgehead atoms. The molecule has 112 valence electrons. The highest BCUT2D eigenvalue weighted by Gasteiger charge is 2.09. The molecule has 0 unspecified atom stereocenters. The molecule has 0 atom stereocenters. The first-order valence-corrected chi connectivity index (χ1v) is 7.23. The SMILES string of the molecule is O=C(/C=C/c1ccccc1Br)OCC(=O)c1cccc(F)c1. The number of ketones is 1. The summed E-state index contributed by atoms with van der Waals surface area (Å²) >= 11 is 3.35. The summed E-state index contributed by atoms with van der Waals surface area (Å²) in [6, 6.07) is 12.6. The summed E-state index contributed by atoms with van der Waals surface area (Å²) in [6.07, 6.45) is 2.82. The van der Waals surface area contributed by atoms with Crippen LogP contribution in [0.4, 0.5) is 4.39 Å². The molecule has 0 N–H and O–H groups in total. The number of ether oxygens (including phenoxy) is 1. The topological polar surface area (TPSA) is 43.4 Å². The summed E-state index contributed by atoms with van der Waals surface area (Å²) in [5.41, 5.74) is 0.985. The van der Waals surface area contributed by atoms with E-state index in [0.717, 1.165) is 16.1 Å². The van der Waals surface area contributed by atoms with Crippen LogP contribution in [0.1, 0.15) is 15.9 Å². The third kappa shape index (κ3) is 4.63. The maximum Gasteiger partial charge on any atom is 0.331 e. The Bertz CT molecular complexity index is 725. The van der Waals surface area contributed by atoms with Crippen LogP contribution in [-0.4, -0.2) is 18.4 Å². The monoisotopic (exact) mass is 362 g/mol. The molecule has 0 fully saturated rings. The van der Waals surface area contributed by atoms with Gasteiger partial charge in [-0.1, -0.05) is 46.3 Å². The predicted molar refractivity (Wildman–Crippen MR) is 84.9 cm³/mol. The van der Waals surface area contributed by atoms with Gasteiger partial charge in [-0.15, -0.1) is 0 Å². The fourth-order valence-electron chi connectivity index (χ4n) is 1.70. The lowest BCUT2D eigenvalue weighted by Gasteiger charge is -2.02. The minimum atomic E-state index is -0.638. The summed E-state index contributed by atoms with van der Waals surface area (Å²) in [5.74, 6) is -1.60. The lowest BCUT2D eigenvalue weighted by atomic mass is 10.1. The number of carbonyl (C=O) groups excluding carboxylic acids is 2. The summed E-state index contributed by atoms with van der Waals surface area (Å²) < 4.78 is 18.7. The van der Waals surface area contributed by atoms with E-state index in [4.69, 9.17) is 4.74 Å². The molecular formula is C17H12BrFO3. The van der Waals surface area contributed by atoms with Crippen molar-refractivity contribution in [2.45, 2.75) is 0 Å². The van der Waals surface area contributed by atoms with Gasteiger partial charge in [-0.05, 0) is 29.8 Å². The molecule has 0 aliphatic rings. The molecule has 22 heavy (non-hydrogen) atoms. The van der Waals surface area contributed by atoms with Crippen LogP contribution < -0.4 is 0 Å². The predicted octanol–water partition coefficient (Wildman–Crippen LogP) is 4.03. The molecule has 0 aliphatic heterocycles. The molecule has 0 spiro atoms. The van der Waals surface area contributed by atoms with Crippen molar-refractivity contribution in [2.75, 3.05) is 6.61 Å². The summed E-state index contributed by atoms with van der Waals surface area (Å²) in [5, 5.41) is 0. The van der Waals surface area contributed by atoms with Crippen molar-refractivity contribution in [1.82, 2.24) is 0 Å². The number of hydrogen-bond acceptors (Lipinski definition) is 3. The molecule has 0 heterocycles. The van der Waals surface area contributed by atoms with E-state index < -0.39 is 24.2 Å². The zero-order valence-electron chi connectivity index (χ0n) is 11.5. The average molecular weight is 363 g/mol. The maximum absolute atomic E-state index is 13.0. The third-order valence-electron chi connectivity index (χ3n) is 2.80. The summed E-state index contributed by atoms with van der Waals surface area (Å²) in [6.45, 7) is -0.428. The van der Waals surface area contributed by atoms with Gasteiger partial charge < -0.3 is 4.74 Å². The van der Waals surface area contributed by atoms with Gasteiger partial charge in [0.2, 0.25) is 0 Å². The Hall–Kier alpha value is -2.27. The molecule has 2 rings (SSSR count). The van der Waals surface area contributed by atoms with Crippen molar-refractivity contribution in [1.29, 1.82) is 0 Å². The highest BCUT2D eigenvalue weighted by atomic mass is 79.9. The van der Waals surface area contributed by atoms with Gasteiger partial charge in [0.15, 0.2) is 12.4 Å². The minimum Gasteiger partial charge on any atom is -0.454 e. The van der Waals surface area contributed by atoms with E-state index in [1.54, 1.807) is 6.08 Å². The zero-order valence-corrected chi connectivity index (χ0v) is 13.0. The van der Waals surface area contributed by atoms with Gasteiger partial charge in [0.05, 0.1) is 0 Å². The Balaban J connectivity index is 1.90. The summed E-state index contributed by atoms with van der Waals surface area (Å²) in [4.78, 5) is 23.3. The molecule has 0 radical (unpaired) electrons. The van der Waals surface area contributed by atoms with Gasteiger partial charge in [-0.25, -0.2) is 9.18 Å². The lowest BCUT2D eigenvalue weighted by Crippen LogP contribution is -2.12. The van der Waals surface area contributed by atoms with Crippen molar-refractivity contribution < 1.29 is 18.7 Å². The van der Waals surface area contributed by atoms with Crippen LogP contribution in [0, 0.1) is 5.82 Å². The Morgan fingerprint density at radius 3 is 2.64 bits per heavy atom. The number of carbonyl (C=O) groups is 2. The van der Waals surface area contributed by atoms with Crippen LogP contribution in [0.25, 0.3) is 6.08 Å². The van der Waals surface area contributed by atoms with Crippen molar-refractivity contribution in [3.8, 4) is 0 Å².